The minimum Gasteiger partial charge on any atom is -0.351 e. The van der Waals surface area contributed by atoms with Crippen LogP contribution in [-0.4, -0.2) is 26.6 Å². The highest BCUT2D eigenvalue weighted by molar-refractivity contribution is 7.80. The van der Waals surface area contributed by atoms with Crippen molar-refractivity contribution in [3.8, 4) is 11.8 Å². The first-order valence-corrected chi connectivity index (χ1v) is 10.5. The average molecular weight is 418 g/mol. The van der Waals surface area contributed by atoms with Gasteiger partial charge in [-0.05, 0) is 37.1 Å². The summed E-state index contributed by atoms with van der Waals surface area (Å²) >= 11 is 5.02. The second kappa shape index (κ2) is 8.70. The molecule has 1 aliphatic rings. The topological polar surface area (TPSA) is 77.2 Å². The van der Waals surface area contributed by atoms with Gasteiger partial charge in [-0.2, -0.15) is 0 Å². The molecule has 1 aliphatic carbocycles. The van der Waals surface area contributed by atoms with Crippen LogP contribution in [0.5, 0.6) is 0 Å². The van der Waals surface area contributed by atoms with E-state index >= 15 is 0 Å². The molecule has 0 unspecified atom stereocenters. The number of hydroxylamine groups is 1. The number of rotatable bonds is 3. The van der Waals surface area contributed by atoms with E-state index in [9.17, 15) is 4.79 Å². The molecule has 0 radical (unpaired) electrons. The fourth-order valence-electron chi connectivity index (χ4n) is 3.88. The van der Waals surface area contributed by atoms with Crippen molar-refractivity contribution in [2.24, 2.45) is 0 Å². The van der Waals surface area contributed by atoms with Crippen molar-refractivity contribution >= 4 is 34.0 Å². The second-order valence-corrected chi connectivity index (χ2v) is 8.04. The molecule has 1 aromatic heterocycles. The van der Waals surface area contributed by atoms with Gasteiger partial charge in [0.15, 0.2) is 0 Å². The summed E-state index contributed by atoms with van der Waals surface area (Å²) < 4.78 is 0. The summed E-state index contributed by atoms with van der Waals surface area (Å²) in [5, 5.41) is 13.2. The number of thiocarbonyl (C=S) groups is 1. The number of amides is 1. The number of hydrogen-bond acceptors (Lipinski definition) is 3. The molecular weight excluding hydrogens is 394 g/mol. The van der Waals surface area contributed by atoms with Crippen LogP contribution in [0, 0.1) is 11.8 Å². The molecule has 4 rings (SSSR count). The monoisotopic (exact) mass is 417 g/mol. The van der Waals surface area contributed by atoms with Gasteiger partial charge in [-0.25, -0.2) is 0 Å². The van der Waals surface area contributed by atoms with Crippen molar-refractivity contribution < 1.29 is 10.0 Å². The maximum absolute atomic E-state index is 13.0. The number of aromatic nitrogens is 1. The van der Waals surface area contributed by atoms with Crippen LogP contribution in [0.15, 0.2) is 54.6 Å². The fourth-order valence-corrected chi connectivity index (χ4v) is 4.01. The molecule has 3 aromatic rings. The van der Waals surface area contributed by atoms with Crippen molar-refractivity contribution in [2.75, 3.05) is 0 Å². The fraction of sp³-hybridized carbons (Fsp3) is 0.250. The van der Waals surface area contributed by atoms with Crippen LogP contribution >= 0.6 is 12.2 Å². The number of benzene rings is 2. The number of carbonyl (C=O) groups excluding carboxylic acids is 1. The van der Waals surface area contributed by atoms with E-state index in [4.69, 9.17) is 17.4 Å². The van der Waals surface area contributed by atoms with E-state index in [0.29, 0.717) is 5.69 Å². The van der Waals surface area contributed by atoms with Gasteiger partial charge in [0.2, 0.25) is 0 Å². The van der Waals surface area contributed by atoms with Crippen LogP contribution in [-0.2, 0) is 0 Å². The van der Waals surface area contributed by atoms with Gasteiger partial charge in [0.05, 0.1) is 0 Å². The zero-order valence-corrected chi connectivity index (χ0v) is 17.3. The molecule has 0 bridgehead atoms. The summed E-state index contributed by atoms with van der Waals surface area (Å²) in [7, 11) is 0. The van der Waals surface area contributed by atoms with Gasteiger partial charge in [0.1, 0.15) is 16.2 Å². The summed E-state index contributed by atoms with van der Waals surface area (Å²) in [6.07, 6.45) is 4.91. The highest BCUT2D eigenvalue weighted by atomic mass is 32.1. The largest absolute Gasteiger partial charge is 0.351 e. The molecule has 1 fully saturated rings. The molecule has 30 heavy (non-hydrogen) atoms. The summed E-state index contributed by atoms with van der Waals surface area (Å²) in [6.45, 7) is 0. The molecule has 1 saturated carbocycles. The molecule has 0 saturated heterocycles. The zero-order chi connectivity index (χ0) is 21.0. The summed E-state index contributed by atoms with van der Waals surface area (Å²) in [5.74, 6) is 6.45. The Hall–Kier alpha value is -3.14. The van der Waals surface area contributed by atoms with Crippen LogP contribution in [0.25, 0.3) is 10.9 Å². The number of fused-ring (bicyclic) bond motifs is 1. The van der Waals surface area contributed by atoms with Crippen LogP contribution in [0.4, 0.5) is 0 Å². The Morgan fingerprint density at radius 1 is 1.07 bits per heavy atom. The van der Waals surface area contributed by atoms with Crippen molar-refractivity contribution in [1.82, 2.24) is 15.8 Å². The van der Waals surface area contributed by atoms with Crippen LogP contribution in [0.1, 0.15) is 53.7 Å². The first kappa shape index (κ1) is 20.1. The van der Waals surface area contributed by atoms with E-state index < -0.39 is 5.54 Å². The van der Waals surface area contributed by atoms with Gasteiger partial charge >= 0.3 is 0 Å². The Bertz CT molecular complexity index is 1100. The Balaban J connectivity index is 1.56. The molecule has 1 heterocycles. The average Bonchev–Trinajstić information content (AvgIpc) is 3.23. The van der Waals surface area contributed by atoms with Gasteiger partial charge < -0.3 is 10.3 Å². The minimum atomic E-state index is -0.534. The first-order chi connectivity index (χ1) is 14.6. The molecular formula is C24H23N3O2S. The Labute approximate surface area is 180 Å². The lowest BCUT2D eigenvalue weighted by molar-refractivity contribution is 0.0899. The summed E-state index contributed by atoms with van der Waals surface area (Å²) in [6, 6.07) is 17.1. The predicted octanol–water partition coefficient (Wildman–Crippen LogP) is 4.31. The highest BCUT2D eigenvalue weighted by Crippen LogP contribution is 2.28. The summed E-state index contributed by atoms with van der Waals surface area (Å²) in [4.78, 5) is 16.5. The third-order valence-electron chi connectivity index (χ3n) is 5.53. The quantitative estimate of drug-likeness (QED) is 0.291. The molecule has 4 N–H and O–H groups in total. The van der Waals surface area contributed by atoms with E-state index in [-0.39, 0.29) is 10.9 Å². The normalized spacial score (nSPS) is 15.1. The molecule has 6 heteroatoms. The number of H-pyrrole nitrogens is 1. The van der Waals surface area contributed by atoms with Gasteiger partial charge in [-0.15, -0.1) is 0 Å². The third kappa shape index (κ3) is 4.38. The molecule has 2 aromatic carbocycles. The van der Waals surface area contributed by atoms with Crippen molar-refractivity contribution in [2.45, 2.75) is 37.6 Å². The molecule has 5 nitrogen and oxygen atoms in total. The SMILES string of the molecule is O=C(NC1(C#Cc2ccc(C(=S)NO)cc2)CCCCC1)c1cc2ccccc2[nH]1. The number of hydrogen-bond donors (Lipinski definition) is 4. The lowest BCUT2D eigenvalue weighted by Crippen LogP contribution is -2.48. The number of aromatic amines is 1. The Morgan fingerprint density at radius 2 is 1.80 bits per heavy atom. The Kier molecular flexibility index (Phi) is 5.84. The summed E-state index contributed by atoms with van der Waals surface area (Å²) in [5.41, 5.74) is 4.50. The Morgan fingerprint density at radius 3 is 2.50 bits per heavy atom. The number of para-hydroxylation sites is 1. The smallest absolute Gasteiger partial charge is 0.268 e. The van der Waals surface area contributed by atoms with Crippen molar-refractivity contribution in [3.05, 3.63) is 71.4 Å². The molecule has 0 aliphatic heterocycles. The van der Waals surface area contributed by atoms with E-state index in [1.165, 1.54) is 0 Å². The maximum atomic E-state index is 13.0. The van der Waals surface area contributed by atoms with Crippen LogP contribution in [0.2, 0.25) is 0 Å². The molecule has 1 amide bonds. The number of nitrogens with one attached hydrogen (secondary N) is 3. The standard InChI is InChI=1S/C24H23N3O2S/c28-22(21-16-19-6-2-3-7-20(19)25-21)26-24(13-4-1-5-14-24)15-12-17-8-10-18(11-9-17)23(30)27-29/h2-3,6-11,16,25,29H,1,4-5,13-14H2,(H,26,28)(H,27,30). The van der Waals surface area contributed by atoms with E-state index in [1.807, 2.05) is 60.1 Å². The lowest BCUT2D eigenvalue weighted by atomic mass is 9.81. The predicted molar refractivity (Wildman–Crippen MR) is 122 cm³/mol. The van der Waals surface area contributed by atoms with E-state index in [0.717, 1.165) is 54.1 Å². The lowest BCUT2D eigenvalue weighted by Gasteiger charge is -2.33. The third-order valence-corrected chi connectivity index (χ3v) is 5.86. The van der Waals surface area contributed by atoms with Gasteiger partial charge in [0, 0.05) is 22.0 Å². The van der Waals surface area contributed by atoms with Gasteiger partial charge in [0.25, 0.3) is 5.91 Å². The number of carbonyl (C=O) groups is 1. The maximum Gasteiger partial charge on any atom is 0.268 e. The van der Waals surface area contributed by atoms with Crippen LogP contribution < -0.4 is 10.8 Å². The zero-order valence-electron chi connectivity index (χ0n) is 16.5. The van der Waals surface area contributed by atoms with Crippen molar-refractivity contribution in [3.63, 3.8) is 0 Å². The minimum absolute atomic E-state index is 0.128. The molecule has 152 valence electrons. The van der Waals surface area contributed by atoms with Crippen LogP contribution in [0.3, 0.4) is 0 Å². The van der Waals surface area contributed by atoms with E-state index in [1.54, 1.807) is 0 Å². The highest BCUT2D eigenvalue weighted by Gasteiger charge is 2.32. The first-order valence-electron chi connectivity index (χ1n) is 10.1. The van der Waals surface area contributed by atoms with Crippen molar-refractivity contribution in [1.29, 1.82) is 0 Å². The van der Waals surface area contributed by atoms with E-state index in [2.05, 4.69) is 22.1 Å². The van der Waals surface area contributed by atoms with Gasteiger partial charge in [-0.1, -0.05) is 73.7 Å². The second-order valence-electron chi connectivity index (χ2n) is 7.64. The van der Waals surface area contributed by atoms with Gasteiger partial charge in [-0.3, -0.25) is 15.5 Å². The molecule has 0 atom stereocenters. The molecule has 0 spiro atoms.